The third-order valence-corrected chi connectivity index (χ3v) is 7.07. The molecule has 1 aromatic carbocycles. The molecule has 192 valence electrons. The third kappa shape index (κ3) is 4.20. The zero-order valence-electron chi connectivity index (χ0n) is 19.6. The zero-order chi connectivity index (χ0) is 25.2. The fraction of sp³-hybridized carbons (Fsp3) is 0.565. The van der Waals surface area contributed by atoms with E-state index in [1.54, 1.807) is 10.7 Å². The first-order valence-corrected chi connectivity index (χ1v) is 12.2. The fourth-order valence-electron chi connectivity index (χ4n) is 5.28. The van der Waals surface area contributed by atoms with E-state index in [4.69, 9.17) is 25.8 Å². The van der Waals surface area contributed by atoms with Gasteiger partial charge in [0.05, 0.1) is 25.4 Å². The highest BCUT2D eigenvalue weighted by Crippen LogP contribution is 2.46. The Morgan fingerprint density at radius 3 is 2.78 bits per heavy atom. The van der Waals surface area contributed by atoms with Crippen molar-refractivity contribution in [1.82, 2.24) is 25.0 Å². The van der Waals surface area contributed by atoms with Gasteiger partial charge in [0, 0.05) is 18.4 Å². The number of ether oxygens (including phenoxy) is 3. The molecule has 2 N–H and O–H groups in total. The molecule has 6 atom stereocenters. The first-order valence-electron chi connectivity index (χ1n) is 11.8. The van der Waals surface area contributed by atoms with Crippen molar-refractivity contribution >= 4 is 28.6 Å². The Bertz CT molecular complexity index is 1310. The highest BCUT2D eigenvalue weighted by molar-refractivity contribution is 6.28. The number of nitrogens with one attached hydrogen (secondary N) is 1. The van der Waals surface area contributed by atoms with Gasteiger partial charge >= 0.3 is 0 Å². The van der Waals surface area contributed by atoms with Crippen molar-refractivity contribution in [2.75, 3.05) is 18.5 Å². The van der Waals surface area contributed by atoms with E-state index in [1.165, 1.54) is 6.07 Å². The predicted octanol–water partition coefficient (Wildman–Crippen LogP) is 2.96. The minimum absolute atomic E-state index is 0.00484. The maximum Gasteiger partial charge on any atom is 0.226 e. The number of fused-ring (bicyclic) bond motifs is 2. The second-order valence-electron chi connectivity index (χ2n) is 9.81. The van der Waals surface area contributed by atoms with Gasteiger partial charge in [0.1, 0.15) is 12.2 Å². The molecule has 2 aliphatic carbocycles. The quantitative estimate of drug-likeness (QED) is 0.452. The van der Waals surface area contributed by atoms with Crippen LogP contribution in [-0.4, -0.2) is 73.4 Å². The summed E-state index contributed by atoms with van der Waals surface area (Å²) in [4.78, 5) is 8.70. The number of halogens is 3. The van der Waals surface area contributed by atoms with Crippen LogP contribution in [0.4, 0.5) is 14.6 Å². The standard InChI is InChI=1S/C23H25ClF2N6O4/c1-23(2)35-18-15(9-16(19(18)36-23)34-6-5-33)32-21-17(30-31-32)20(28-22(24)29-21)27-14-8-11(14)10-3-4-12(25)13(26)7-10/h3-4,7,11,14-16,18-19,33H,5-6,8-9H2,1-2H3,(H,27,28,29). The van der Waals surface area contributed by atoms with E-state index in [1.807, 2.05) is 13.8 Å². The molecule has 3 aliphatic rings. The molecule has 0 amide bonds. The zero-order valence-corrected chi connectivity index (χ0v) is 20.3. The normalized spacial score (nSPS) is 30.6. The summed E-state index contributed by atoms with van der Waals surface area (Å²) in [7, 11) is 0. The average Bonchev–Trinajstić information content (AvgIpc) is 3.16. The maximum absolute atomic E-state index is 13.7. The van der Waals surface area contributed by atoms with Gasteiger partial charge in [-0.3, -0.25) is 0 Å². The molecule has 1 aliphatic heterocycles. The molecule has 1 saturated heterocycles. The van der Waals surface area contributed by atoms with Crippen molar-refractivity contribution < 1.29 is 28.1 Å². The number of aliphatic hydroxyl groups is 1. The average molecular weight is 523 g/mol. The van der Waals surface area contributed by atoms with Crippen LogP contribution in [0.25, 0.3) is 11.2 Å². The van der Waals surface area contributed by atoms with Gasteiger partial charge in [0.25, 0.3) is 0 Å². The lowest BCUT2D eigenvalue weighted by atomic mass is 10.1. The van der Waals surface area contributed by atoms with Crippen LogP contribution in [0.3, 0.4) is 0 Å². The molecule has 6 rings (SSSR count). The second-order valence-corrected chi connectivity index (χ2v) is 10.2. The Morgan fingerprint density at radius 2 is 2.00 bits per heavy atom. The summed E-state index contributed by atoms with van der Waals surface area (Å²) >= 11 is 6.28. The van der Waals surface area contributed by atoms with E-state index >= 15 is 0 Å². The fourth-order valence-corrected chi connectivity index (χ4v) is 5.45. The van der Waals surface area contributed by atoms with Crippen molar-refractivity contribution in [2.45, 2.75) is 68.8 Å². The minimum atomic E-state index is -0.872. The van der Waals surface area contributed by atoms with Gasteiger partial charge in [-0.2, -0.15) is 9.97 Å². The smallest absolute Gasteiger partial charge is 0.226 e. The van der Waals surface area contributed by atoms with Crippen LogP contribution in [0, 0.1) is 11.6 Å². The summed E-state index contributed by atoms with van der Waals surface area (Å²) in [6, 6.07) is 3.60. The SMILES string of the molecule is CC1(C)OC2C(OCCO)CC(n3nnc4c(NC5CC5c5ccc(F)c(F)c5)nc(Cl)nc43)C2O1. The van der Waals surface area contributed by atoms with E-state index in [0.717, 1.165) is 12.5 Å². The largest absolute Gasteiger partial charge is 0.394 e. The van der Waals surface area contributed by atoms with E-state index in [0.29, 0.717) is 29.0 Å². The molecule has 36 heavy (non-hydrogen) atoms. The van der Waals surface area contributed by atoms with Crippen LogP contribution in [0.15, 0.2) is 18.2 Å². The van der Waals surface area contributed by atoms with Crippen LogP contribution < -0.4 is 5.32 Å². The molecule has 3 aromatic rings. The molecule has 0 spiro atoms. The summed E-state index contributed by atoms with van der Waals surface area (Å²) in [5.41, 5.74) is 1.57. The van der Waals surface area contributed by atoms with E-state index in [9.17, 15) is 13.9 Å². The molecule has 0 radical (unpaired) electrons. The molecule has 10 nitrogen and oxygen atoms in total. The van der Waals surface area contributed by atoms with E-state index < -0.39 is 17.4 Å². The highest BCUT2D eigenvalue weighted by Gasteiger charge is 2.56. The first kappa shape index (κ1) is 23.9. The van der Waals surface area contributed by atoms with Crippen LogP contribution in [0.2, 0.25) is 5.28 Å². The third-order valence-electron chi connectivity index (χ3n) is 6.90. The molecule has 0 bridgehead atoms. The summed E-state index contributed by atoms with van der Waals surface area (Å²) in [5.74, 6) is -2.12. The van der Waals surface area contributed by atoms with Crippen molar-refractivity contribution in [3.63, 3.8) is 0 Å². The van der Waals surface area contributed by atoms with Gasteiger partial charge in [-0.25, -0.2) is 13.5 Å². The molecular formula is C23H25ClF2N6O4. The van der Waals surface area contributed by atoms with Crippen LogP contribution in [-0.2, 0) is 14.2 Å². The number of benzene rings is 1. The molecule has 3 heterocycles. The topological polar surface area (TPSA) is 116 Å². The molecule has 3 fully saturated rings. The van der Waals surface area contributed by atoms with E-state index in [-0.39, 0.29) is 54.8 Å². The Morgan fingerprint density at radius 1 is 1.19 bits per heavy atom. The lowest BCUT2D eigenvalue weighted by Crippen LogP contribution is -2.31. The minimum Gasteiger partial charge on any atom is -0.394 e. The highest BCUT2D eigenvalue weighted by atomic mass is 35.5. The molecule has 2 aromatic heterocycles. The van der Waals surface area contributed by atoms with Crippen molar-refractivity contribution in [2.24, 2.45) is 0 Å². The lowest BCUT2D eigenvalue weighted by molar-refractivity contribution is -0.171. The number of aromatic nitrogens is 5. The van der Waals surface area contributed by atoms with Gasteiger partial charge in [-0.15, -0.1) is 5.10 Å². The van der Waals surface area contributed by atoms with Crippen molar-refractivity contribution in [3.8, 4) is 0 Å². The maximum atomic E-state index is 13.7. The Kier molecular flexibility index (Phi) is 5.84. The number of hydrogen-bond donors (Lipinski definition) is 2. The number of hydrogen-bond acceptors (Lipinski definition) is 9. The second kappa shape index (κ2) is 8.80. The van der Waals surface area contributed by atoms with Gasteiger partial charge in [-0.05, 0) is 49.6 Å². The molecular weight excluding hydrogens is 498 g/mol. The predicted molar refractivity (Wildman–Crippen MR) is 124 cm³/mol. The van der Waals surface area contributed by atoms with Gasteiger partial charge < -0.3 is 24.6 Å². The van der Waals surface area contributed by atoms with Gasteiger partial charge in [0.2, 0.25) is 5.28 Å². The number of aliphatic hydroxyl groups excluding tert-OH is 1. The van der Waals surface area contributed by atoms with Crippen LogP contribution in [0.5, 0.6) is 0 Å². The van der Waals surface area contributed by atoms with Gasteiger partial charge in [0.15, 0.2) is 34.4 Å². The Labute approximate surface area is 209 Å². The summed E-state index contributed by atoms with van der Waals surface area (Å²) < 4.78 is 46.8. The lowest BCUT2D eigenvalue weighted by Gasteiger charge is -2.23. The van der Waals surface area contributed by atoms with Crippen molar-refractivity contribution in [3.05, 3.63) is 40.7 Å². The number of anilines is 1. The summed E-state index contributed by atoms with van der Waals surface area (Å²) in [6.45, 7) is 3.76. The Balaban J connectivity index is 1.27. The number of nitrogens with zero attached hydrogens (tertiary/aromatic N) is 5. The molecule has 2 saturated carbocycles. The van der Waals surface area contributed by atoms with Crippen LogP contribution >= 0.6 is 11.6 Å². The Hall–Kier alpha value is -2.51. The number of rotatable bonds is 7. The van der Waals surface area contributed by atoms with Crippen LogP contribution in [0.1, 0.15) is 44.2 Å². The summed E-state index contributed by atoms with van der Waals surface area (Å²) in [5, 5.41) is 21.2. The first-order chi connectivity index (χ1) is 17.2. The monoisotopic (exact) mass is 522 g/mol. The van der Waals surface area contributed by atoms with Gasteiger partial charge in [-0.1, -0.05) is 11.3 Å². The van der Waals surface area contributed by atoms with Crippen molar-refractivity contribution in [1.29, 1.82) is 0 Å². The molecule has 6 unspecified atom stereocenters. The molecule has 13 heteroatoms. The van der Waals surface area contributed by atoms with E-state index in [2.05, 4.69) is 25.6 Å². The summed E-state index contributed by atoms with van der Waals surface area (Å²) in [6.07, 6.45) is 0.244.